The Kier molecular flexibility index (Phi) is 4.95. The van der Waals surface area contributed by atoms with E-state index in [9.17, 15) is 9.59 Å². The van der Waals surface area contributed by atoms with Crippen LogP contribution < -0.4 is 10.9 Å². The summed E-state index contributed by atoms with van der Waals surface area (Å²) in [6, 6.07) is 6.75. The predicted molar refractivity (Wildman–Crippen MR) is 109 cm³/mol. The number of thiophene rings is 1. The summed E-state index contributed by atoms with van der Waals surface area (Å²) in [5, 5.41) is 12.0. The molecule has 0 saturated heterocycles. The van der Waals surface area contributed by atoms with Gasteiger partial charge in [-0.25, -0.2) is 4.68 Å². The molecule has 0 spiro atoms. The number of fused-ring (bicyclic) bond motifs is 3. The number of nitrogens with one attached hydrogen (secondary N) is 1. The van der Waals surface area contributed by atoms with Crippen molar-refractivity contribution < 1.29 is 9.53 Å². The Morgan fingerprint density at radius 3 is 2.86 bits per heavy atom. The third kappa shape index (κ3) is 3.55. The summed E-state index contributed by atoms with van der Waals surface area (Å²) in [5.41, 5.74) is 0.977. The van der Waals surface area contributed by atoms with E-state index in [4.69, 9.17) is 16.3 Å². The van der Waals surface area contributed by atoms with Crippen molar-refractivity contribution >= 4 is 44.7 Å². The van der Waals surface area contributed by atoms with Gasteiger partial charge in [-0.1, -0.05) is 23.7 Å². The number of halogens is 1. The molecule has 0 unspecified atom stereocenters. The molecule has 1 atom stereocenters. The summed E-state index contributed by atoms with van der Waals surface area (Å²) in [4.78, 5) is 27.0. The van der Waals surface area contributed by atoms with Crippen LogP contribution in [0.25, 0.3) is 10.2 Å². The van der Waals surface area contributed by atoms with E-state index >= 15 is 0 Å². The molecule has 28 heavy (non-hydrogen) atoms. The molecule has 7 nitrogen and oxygen atoms in total. The summed E-state index contributed by atoms with van der Waals surface area (Å²) in [6.45, 7) is 4.37. The number of amides is 1. The van der Waals surface area contributed by atoms with Crippen LogP contribution in [0, 0.1) is 0 Å². The van der Waals surface area contributed by atoms with Crippen molar-refractivity contribution in [2.45, 2.75) is 45.4 Å². The van der Waals surface area contributed by atoms with Crippen molar-refractivity contribution in [1.82, 2.24) is 15.0 Å². The van der Waals surface area contributed by atoms with E-state index in [2.05, 4.69) is 22.6 Å². The summed E-state index contributed by atoms with van der Waals surface area (Å²) in [6.07, 6.45) is 1.50. The highest BCUT2D eigenvalue weighted by molar-refractivity contribution is 7.18. The van der Waals surface area contributed by atoms with Crippen LogP contribution in [0.3, 0.4) is 0 Å². The minimum Gasteiger partial charge on any atom is -0.369 e. The predicted octanol–water partition coefficient (Wildman–Crippen LogP) is 3.39. The van der Waals surface area contributed by atoms with Crippen LogP contribution in [0.4, 0.5) is 5.69 Å². The molecule has 9 heteroatoms. The van der Waals surface area contributed by atoms with Gasteiger partial charge in [-0.2, -0.15) is 0 Å². The van der Waals surface area contributed by atoms with Crippen molar-refractivity contribution in [3.05, 3.63) is 50.1 Å². The number of ether oxygens (including phenoxy) is 1. The smallest absolute Gasteiger partial charge is 0.279 e. The molecule has 1 aromatic carbocycles. The molecule has 146 valence electrons. The molecule has 0 radical (unpaired) electrons. The lowest BCUT2D eigenvalue weighted by Crippen LogP contribution is -2.35. The first-order chi connectivity index (χ1) is 13.4. The number of rotatable bonds is 4. The number of hydrogen-bond acceptors (Lipinski definition) is 6. The molecule has 0 fully saturated rings. The van der Waals surface area contributed by atoms with E-state index in [-0.39, 0.29) is 23.6 Å². The van der Waals surface area contributed by atoms with E-state index < -0.39 is 0 Å². The largest absolute Gasteiger partial charge is 0.369 e. The molecule has 0 aliphatic carbocycles. The Bertz CT molecular complexity index is 1110. The quantitative estimate of drug-likeness (QED) is 0.701. The number of aromatic nitrogens is 3. The normalized spacial score (nSPS) is 18.8. The fraction of sp³-hybridized carbons (Fsp3) is 0.368. The second-order valence-electron chi connectivity index (χ2n) is 7.06. The molecule has 1 N–H and O–H groups in total. The van der Waals surface area contributed by atoms with Gasteiger partial charge in [0.15, 0.2) is 4.83 Å². The SMILES string of the molecule is CC[C@@]1(C)Cc2c(sc3nnn(CC(=O)Nc4ccc(Cl)cc4)c(=O)c23)CO1. The molecule has 1 aliphatic rings. The zero-order chi connectivity index (χ0) is 19.9. The fourth-order valence-electron chi connectivity index (χ4n) is 3.22. The molecule has 4 rings (SSSR count). The monoisotopic (exact) mass is 418 g/mol. The summed E-state index contributed by atoms with van der Waals surface area (Å²) >= 11 is 7.28. The first kappa shape index (κ1) is 19.0. The Morgan fingerprint density at radius 2 is 2.14 bits per heavy atom. The Labute approximate surface area is 170 Å². The van der Waals surface area contributed by atoms with E-state index in [1.807, 2.05) is 6.92 Å². The lowest BCUT2D eigenvalue weighted by atomic mass is 9.90. The fourth-order valence-corrected chi connectivity index (χ4v) is 4.39. The zero-order valence-electron chi connectivity index (χ0n) is 15.5. The molecule has 3 aromatic rings. The van der Waals surface area contributed by atoms with E-state index in [1.165, 1.54) is 11.3 Å². The van der Waals surface area contributed by atoms with E-state index in [0.29, 0.717) is 34.0 Å². The average molecular weight is 419 g/mol. The lowest BCUT2D eigenvalue weighted by Gasteiger charge is -2.32. The zero-order valence-corrected chi connectivity index (χ0v) is 17.1. The molecule has 1 amide bonds. The maximum atomic E-state index is 13.0. The van der Waals surface area contributed by atoms with Crippen LogP contribution in [0.1, 0.15) is 30.7 Å². The second kappa shape index (κ2) is 7.27. The molecule has 0 bridgehead atoms. The molecule has 3 heterocycles. The van der Waals surface area contributed by atoms with Crippen LogP contribution in [-0.2, 0) is 29.1 Å². The molecule has 1 aliphatic heterocycles. The topological polar surface area (TPSA) is 86.1 Å². The minimum absolute atomic E-state index is 0.212. The van der Waals surface area contributed by atoms with Crippen LogP contribution >= 0.6 is 22.9 Å². The molecule has 0 saturated carbocycles. The first-order valence-electron chi connectivity index (χ1n) is 8.96. The first-order valence-corrected chi connectivity index (χ1v) is 10.2. The number of carbonyl (C=O) groups is 1. The Morgan fingerprint density at radius 1 is 1.39 bits per heavy atom. The van der Waals surface area contributed by atoms with Crippen molar-refractivity contribution in [1.29, 1.82) is 0 Å². The summed E-state index contributed by atoms with van der Waals surface area (Å²) < 4.78 is 7.07. The van der Waals surface area contributed by atoms with E-state index in [1.54, 1.807) is 24.3 Å². The van der Waals surface area contributed by atoms with Gasteiger partial charge in [0.25, 0.3) is 5.56 Å². The molecular formula is C19H19ClN4O3S. The number of anilines is 1. The molecule has 2 aromatic heterocycles. The van der Waals surface area contributed by atoms with Crippen LogP contribution in [0.15, 0.2) is 29.1 Å². The highest BCUT2D eigenvalue weighted by atomic mass is 35.5. The van der Waals surface area contributed by atoms with Gasteiger partial charge in [0.05, 0.1) is 17.6 Å². The highest BCUT2D eigenvalue weighted by Gasteiger charge is 2.33. The second-order valence-corrected chi connectivity index (χ2v) is 8.58. The minimum atomic E-state index is -0.358. The maximum absolute atomic E-state index is 13.0. The number of nitrogens with zero attached hydrogens (tertiary/aromatic N) is 3. The standard InChI is InChI=1S/C19H19ClN4O3S/c1-3-19(2)8-13-14(10-27-19)28-17-16(13)18(26)24(23-22-17)9-15(25)21-12-6-4-11(20)5-7-12/h4-7H,3,8-10H2,1-2H3,(H,21,25)/t19-/m0/s1. The van der Waals surface area contributed by atoms with Gasteiger partial charge in [-0.05, 0) is 43.2 Å². The van der Waals surface area contributed by atoms with Gasteiger partial charge in [0, 0.05) is 22.0 Å². The molecular weight excluding hydrogens is 400 g/mol. The number of carbonyl (C=O) groups excluding carboxylic acids is 1. The van der Waals surface area contributed by atoms with Crippen molar-refractivity contribution in [3.8, 4) is 0 Å². The maximum Gasteiger partial charge on any atom is 0.279 e. The van der Waals surface area contributed by atoms with Gasteiger partial charge >= 0.3 is 0 Å². The van der Waals surface area contributed by atoms with Gasteiger partial charge in [0.2, 0.25) is 5.91 Å². The summed E-state index contributed by atoms with van der Waals surface area (Å²) in [5.74, 6) is -0.358. The van der Waals surface area contributed by atoms with E-state index in [0.717, 1.165) is 21.5 Å². The van der Waals surface area contributed by atoms with Gasteiger partial charge in [-0.3, -0.25) is 9.59 Å². The third-order valence-electron chi connectivity index (χ3n) is 5.04. The average Bonchev–Trinajstić information content (AvgIpc) is 3.04. The lowest BCUT2D eigenvalue weighted by molar-refractivity contribution is -0.117. The van der Waals surface area contributed by atoms with Crippen molar-refractivity contribution in [3.63, 3.8) is 0 Å². The number of benzene rings is 1. The van der Waals surface area contributed by atoms with Crippen LogP contribution in [0.5, 0.6) is 0 Å². The Balaban J connectivity index is 1.63. The van der Waals surface area contributed by atoms with Gasteiger partial charge in [0.1, 0.15) is 6.54 Å². The van der Waals surface area contributed by atoms with Gasteiger partial charge in [-0.15, -0.1) is 16.4 Å². The van der Waals surface area contributed by atoms with Crippen LogP contribution in [-0.4, -0.2) is 26.5 Å². The highest BCUT2D eigenvalue weighted by Crippen LogP contribution is 2.37. The Hall–Kier alpha value is -2.29. The van der Waals surface area contributed by atoms with Crippen LogP contribution in [0.2, 0.25) is 5.02 Å². The number of hydrogen-bond donors (Lipinski definition) is 1. The summed E-state index contributed by atoms with van der Waals surface area (Å²) in [7, 11) is 0. The van der Waals surface area contributed by atoms with Gasteiger partial charge < -0.3 is 10.1 Å². The third-order valence-corrected chi connectivity index (χ3v) is 6.38. The van der Waals surface area contributed by atoms with Crippen molar-refractivity contribution in [2.24, 2.45) is 0 Å². The van der Waals surface area contributed by atoms with Crippen molar-refractivity contribution in [2.75, 3.05) is 5.32 Å².